The zero-order valence-corrected chi connectivity index (χ0v) is 10.2. The first-order chi connectivity index (χ1) is 7.99. The Kier molecular flexibility index (Phi) is 3.38. The normalized spacial score (nSPS) is 30.4. The molecule has 2 heterocycles. The van der Waals surface area contributed by atoms with Crippen LogP contribution in [0.4, 0.5) is 0 Å². The second kappa shape index (κ2) is 4.64. The number of carbonyl (C=O) groups excluding carboxylic acids is 2. The summed E-state index contributed by atoms with van der Waals surface area (Å²) in [6.45, 7) is 4.41. The fourth-order valence-corrected chi connectivity index (χ4v) is 2.38. The van der Waals surface area contributed by atoms with E-state index >= 15 is 0 Å². The minimum atomic E-state index is -1.13. The van der Waals surface area contributed by atoms with Crippen LogP contribution in [0.3, 0.4) is 0 Å². The van der Waals surface area contributed by atoms with Crippen molar-refractivity contribution in [3.8, 4) is 0 Å². The summed E-state index contributed by atoms with van der Waals surface area (Å²) in [6.07, 6.45) is 2.37. The van der Waals surface area contributed by atoms with Crippen molar-refractivity contribution in [2.75, 3.05) is 13.2 Å². The number of esters is 2. The zero-order chi connectivity index (χ0) is 12.5. The summed E-state index contributed by atoms with van der Waals surface area (Å²) in [5, 5.41) is 0. The predicted octanol–water partition coefficient (Wildman–Crippen LogP) is 1.26. The van der Waals surface area contributed by atoms with Gasteiger partial charge < -0.3 is 14.2 Å². The van der Waals surface area contributed by atoms with Gasteiger partial charge in [-0.15, -0.1) is 0 Å². The molecule has 0 aromatic heterocycles. The predicted molar refractivity (Wildman–Crippen MR) is 57.9 cm³/mol. The minimum absolute atomic E-state index is 0.0198. The van der Waals surface area contributed by atoms with E-state index in [0.717, 1.165) is 12.8 Å². The van der Waals surface area contributed by atoms with Crippen molar-refractivity contribution in [2.24, 2.45) is 11.8 Å². The van der Waals surface area contributed by atoms with Crippen LogP contribution in [0.15, 0.2) is 0 Å². The molecule has 0 spiro atoms. The zero-order valence-electron chi connectivity index (χ0n) is 10.2. The van der Waals surface area contributed by atoms with E-state index < -0.39 is 23.6 Å². The molecule has 1 unspecified atom stereocenters. The molecule has 0 aromatic rings. The maximum atomic E-state index is 11.9. The molecule has 0 saturated carbocycles. The number of cyclic esters (lactones) is 2. The largest absolute Gasteiger partial charge is 0.422 e. The number of ether oxygens (including phenoxy) is 3. The van der Waals surface area contributed by atoms with E-state index in [4.69, 9.17) is 14.2 Å². The van der Waals surface area contributed by atoms with Gasteiger partial charge in [-0.1, -0.05) is 0 Å². The first-order valence-corrected chi connectivity index (χ1v) is 6.03. The van der Waals surface area contributed by atoms with E-state index in [-0.39, 0.29) is 5.92 Å². The van der Waals surface area contributed by atoms with Crippen LogP contribution in [-0.2, 0) is 23.8 Å². The van der Waals surface area contributed by atoms with Crippen LogP contribution in [0.5, 0.6) is 0 Å². The molecule has 0 amide bonds. The molecule has 5 heteroatoms. The van der Waals surface area contributed by atoms with Gasteiger partial charge in [0.25, 0.3) is 5.79 Å². The molecule has 2 rings (SSSR count). The fraction of sp³-hybridized carbons (Fsp3) is 0.833. The van der Waals surface area contributed by atoms with Crippen LogP contribution in [-0.4, -0.2) is 30.9 Å². The Morgan fingerprint density at radius 3 is 2.35 bits per heavy atom. The third kappa shape index (κ3) is 2.77. The number of hydrogen-bond donors (Lipinski definition) is 0. The van der Waals surface area contributed by atoms with E-state index in [2.05, 4.69) is 0 Å². The smallest absolute Gasteiger partial charge is 0.323 e. The third-order valence-electron chi connectivity index (χ3n) is 3.17. The number of carbonyl (C=O) groups is 2. The summed E-state index contributed by atoms with van der Waals surface area (Å²) in [6, 6.07) is 0. The second-order valence-electron chi connectivity index (χ2n) is 5.02. The highest BCUT2D eigenvalue weighted by molar-refractivity contribution is 5.97. The van der Waals surface area contributed by atoms with E-state index in [9.17, 15) is 9.59 Å². The fourth-order valence-electron chi connectivity index (χ4n) is 2.38. The van der Waals surface area contributed by atoms with Crippen LogP contribution in [0, 0.1) is 11.8 Å². The molecule has 96 valence electrons. The van der Waals surface area contributed by atoms with Crippen molar-refractivity contribution in [1.29, 1.82) is 0 Å². The summed E-state index contributed by atoms with van der Waals surface area (Å²) in [5.41, 5.74) is 0. The lowest BCUT2D eigenvalue weighted by Gasteiger charge is -2.35. The van der Waals surface area contributed by atoms with Gasteiger partial charge in [-0.3, -0.25) is 9.59 Å². The van der Waals surface area contributed by atoms with E-state index in [1.807, 2.05) is 0 Å². The molecular weight excluding hydrogens is 224 g/mol. The van der Waals surface area contributed by atoms with Crippen LogP contribution in [0.25, 0.3) is 0 Å². The second-order valence-corrected chi connectivity index (χ2v) is 5.02. The molecule has 5 nitrogen and oxygen atoms in total. The minimum Gasteiger partial charge on any atom is -0.422 e. The number of rotatable bonds is 1. The van der Waals surface area contributed by atoms with Crippen molar-refractivity contribution >= 4 is 11.9 Å². The van der Waals surface area contributed by atoms with Crippen LogP contribution >= 0.6 is 0 Å². The van der Waals surface area contributed by atoms with Gasteiger partial charge in [0.15, 0.2) is 5.92 Å². The molecule has 2 saturated heterocycles. The summed E-state index contributed by atoms with van der Waals surface area (Å²) < 4.78 is 15.6. The summed E-state index contributed by atoms with van der Waals surface area (Å²) in [5.74, 6) is -2.85. The quantitative estimate of drug-likeness (QED) is 0.511. The number of hydrogen-bond acceptors (Lipinski definition) is 5. The summed E-state index contributed by atoms with van der Waals surface area (Å²) in [7, 11) is 0. The third-order valence-corrected chi connectivity index (χ3v) is 3.17. The van der Waals surface area contributed by atoms with Crippen LogP contribution in [0.1, 0.15) is 33.1 Å². The van der Waals surface area contributed by atoms with Gasteiger partial charge in [0.05, 0.1) is 0 Å². The molecule has 1 atom stereocenters. The highest BCUT2D eigenvalue weighted by Gasteiger charge is 2.46. The van der Waals surface area contributed by atoms with Crippen LogP contribution < -0.4 is 0 Å². The molecule has 0 aromatic carbocycles. The maximum Gasteiger partial charge on any atom is 0.323 e. The Labute approximate surface area is 100 Å². The van der Waals surface area contributed by atoms with Gasteiger partial charge in [0.2, 0.25) is 0 Å². The van der Waals surface area contributed by atoms with Gasteiger partial charge in [-0.25, -0.2) is 0 Å². The van der Waals surface area contributed by atoms with Gasteiger partial charge in [-0.05, 0) is 25.2 Å². The van der Waals surface area contributed by atoms with Crippen molar-refractivity contribution < 1.29 is 23.8 Å². The topological polar surface area (TPSA) is 61.8 Å². The molecule has 0 aliphatic carbocycles. The van der Waals surface area contributed by atoms with Crippen LogP contribution in [0.2, 0.25) is 0 Å². The average molecular weight is 242 g/mol. The van der Waals surface area contributed by atoms with E-state index in [0.29, 0.717) is 19.6 Å². The first-order valence-electron chi connectivity index (χ1n) is 6.03. The summed E-state index contributed by atoms with van der Waals surface area (Å²) >= 11 is 0. The van der Waals surface area contributed by atoms with Gasteiger partial charge in [0.1, 0.15) is 0 Å². The molecule has 2 aliphatic heterocycles. The molecular formula is C12H18O5. The molecule has 0 bridgehead atoms. The van der Waals surface area contributed by atoms with Gasteiger partial charge >= 0.3 is 11.9 Å². The monoisotopic (exact) mass is 242 g/mol. The first kappa shape index (κ1) is 12.4. The van der Waals surface area contributed by atoms with Crippen molar-refractivity contribution in [3.05, 3.63) is 0 Å². The lowest BCUT2D eigenvalue weighted by molar-refractivity contribution is -0.242. The van der Waals surface area contributed by atoms with E-state index in [1.54, 1.807) is 13.8 Å². The lowest BCUT2D eigenvalue weighted by atomic mass is 9.85. The van der Waals surface area contributed by atoms with Crippen molar-refractivity contribution in [3.63, 3.8) is 0 Å². The Morgan fingerprint density at radius 2 is 1.71 bits per heavy atom. The van der Waals surface area contributed by atoms with E-state index in [1.165, 1.54) is 0 Å². The summed E-state index contributed by atoms with van der Waals surface area (Å²) in [4.78, 5) is 23.7. The van der Waals surface area contributed by atoms with Gasteiger partial charge in [-0.2, -0.15) is 0 Å². The molecule has 17 heavy (non-hydrogen) atoms. The Hall–Kier alpha value is -1.10. The van der Waals surface area contributed by atoms with Crippen molar-refractivity contribution in [1.82, 2.24) is 0 Å². The lowest BCUT2D eigenvalue weighted by Crippen LogP contribution is -2.48. The highest BCUT2D eigenvalue weighted by Crippen LogP contribution is 2.32. The van der Waals surface area contributed by atoms with Gasteiger partial charge in [0, 0.05) is 27.1 Å². The maximum absolute atomic E-state index is 11.9. The Balaban J connectivity index is 2.09. The molecule has 2 aliphatic rings. The SMILES string of the molecule is CC1(C)OC(=O)C(C2CCCOCC2)C(=O)O1. The highest BCUT2D eigenvalue weighted by atomic mass is 16.7. The standard InChI is InChI=1S/C12H18O5/c1-12(2)16-10(13)9(11(14)17-12)8-4-3-6-15-7-5-8/h8-9H,3-7H2,1-2H3. The Bertz CT molecular complexity index is 295. The average Bonchev–Trinajstić information content (AvgIpc) is 2.43. The molecule has 0 N–H and O–H groups in total. The molecule has 0 radical (unpaired) electrons. The Morgan fingerprint density at radius 1 is 1.06 bits per heavy atom. The molecule has 2 fully saturated rings. The van der Waals surface area contributed by atoms with Crippen molar-refractivity contribution in [2.45, 2.75) is 38.9 Å².